The van der Waals surface area contributed by atoms with E-state index >= 15 is 0 Å². The number of ether oxygens (including phenoxy) is 3. The molecule has 0 saturated carbocycles. The Morgan fingerprint density at radius 2 is 1.67 bits per heavy atom. The molecule has 3 heterocycles. The molecule has 0 fully saturated rings. The number of para-hydroxylation sites is 1. The molecule has 0 N–H and O–H groups in total. The fraction of sp³-hybridized carbons (Fsp3) is 0.105. The van der Waals surface area contributed by atoms with Crippen LogP contribution in [0.4, 0.5) is 4.39 Å². The highest BCUT2D eigenvalue weighted by Crippen LogP contribution is 2.29. The molecule has 0 aliphatic carbocycles. The molecule has 0 amide bonds. The topological polar surface area (TPSA) is 92.8 Å². The number of nitrogens with zero attached hydrogens (tertiary/aromatic N) is 5. The van der Waals surface area contributed by atoms with Crippen LogP contribution in [-0.2, 0) is 6.61 Å². The monoisotopic (exact) mass is 671 g/mol. The van der Waals surface area contributed by atoms with Gasteiger partial charge in [-0.05, 0) is 90.9 Å². The fourth-order valence-corrected chi connectivity index (χ4v) is 6.09. The highest BCUT2D eigenvalue weighted by Gasteiger charge is 2.14. The quantitative estimate of drug-likeness (QED) is 0.149. The lowest BCUT2D eigenvalue weighted by atomic mass is 10.1. The van der Waals surface area contributed by atoms with Gasteiger partial charge in [-0.2, -0.15) is 14.6 Å². The predicted molar refractivity (Wildman–Crippen MR) is 189 cm³/mol. The van der Waals surface area contributed by atoms with Crippen LogP contribution in [0, 0.1) is 5.82 Å². The predicted octanol–water partition coefficient (Wildman–Crippen LogP) is 6.85. The van der Waals surface area contributed by atoms with Gasteiger partial charge < -0.3 is 14.2 Å². The van der Waals surface area contributed by atoms with Crippen molar-refractivity contribution in [2.75, 3.05) is 13.7 Å². The number of thiazole rings is 1. The van der Waals surface area contributed by atoms with E-state index in [-0.39, 0.29) is 11.4 Å². The van der Waals surface area contributed by atoms with Crippen molar-refractivity contribution in [1.82, 2.24) is 24.4 Å². The fourth-order valence-electron chi connectivity index (χ4n) is 5.18. The molecule has 7 rings (SSSR count). The number of hydrogen-bond donors (Lipinski definition) is 0. The van der Waals surface area contributed by atoms with E-state index in [2.05, 4.69) is 10.1 Å². The van der Waals surface area contributed by atoms with Crippen LogP contribution < -0.4 is 24.3 Å². The largest absolute Gasteiger partial charge is 0.493 e. The molecule has 0 atom stereocenters. The van der Waals surface area contributed by atoms with Gasteiger partial charge in [0.1, 0.15) is 23.9 Å². The summed E-state index contributed by atoms with van der Waals surface area (Å²) in [4.78, 5) is 18.6. The maximum absolute atomic E-state index is 13.5. The first kappa shape index (κ1) is 31.5. The normalized spacial score (nSPS) is 11.9. The van der Waals surface area contributed by atoms with Crippen molar-refractivity contribution in [2.24, 2.45) is 0 Å². The van der Waals surface area contributed by atoms with Crippen LogP contribution in [0.25, 0.3) is 40.1 Å². The van der Waals surface area contributed by atoms with E-state index < -0.39 is 0 Å². The third-order valence-electron chi connectivity index (χ3n) is 7.61. The van der Waals surface area contributed by atoms with E-state index in [1.54, 1.807) is 30.0 Å². The summed E-state index contributed by atoms with van der Waals surface area (Å²) in [7, 11) is 1.60. The average Bonchev–Trinajstić information content (AvgIpc) is 3.82. The lowest BCUT2D eigenvalue weighted by Crippen LogP contribution is -2.23. The van der Waals surface area contributed by atoms with Crippen LogP contribution in [0.2, 0.25) is 0 Å². The first-order chi connectivity index (χ1) is 24.0. The Bertz CT molecular complexity index is 2370. The Morgan fingerprint density at radius 1 is 0.878 bits per heavy atom. The summed E-state index contributed by atoms with van der Waals surface area (Å²) in [6.07, 6.45) is 7.34. The maximum Gasteiger partial charge on any atom is 0.291 e. The maximum atomic E-state index is 13.5. The first-order valence-corrected chi connectivity index (χ1v) is 16.3. The summed E-state index contributed by atoms with van der Waals surface area (Å²) in [5, 5.41) is 9.35. The number of hydrogen-bond acceptors (Lipinski definition) is 8. The van der Waals surface area contributed by atoms with Crippen LogP contribution in [0.15, 0.2) is 108 Å². The zero-order valence-electron chi connectivity index (χ0n) is 26.6. The van der Waals surface area contributed by atoms with E-state index in [1.807, 2.05) is 98.1 Å². The van der Waals surface area contributed by atoms with Gasteiger partial charge in [0.15, 0.2) is 17.3 Å². The third kappa shape index (κ3) is 6.97. The minimum absolute atomic E-state index is 0.266. The minimum atomic E-state index is -0.285. The Balaban J connectivity index is 1.17. The van der Waals surface area contributed by atoms with E-state index in [0.717, 1.165) is 27.9 Å². The first-order valence-electron chi connectivity index (χ1n) is 15.5. The Hall–Kier alpha value is -6.07. The van der Waals surface area contributed by atoms with Gasteiger partial charge in [0, 0.05) is 17.3 Å². The SMILES string of the molecule is CCOc1ccc(/C=C/c2nc3s/c(=C\c4cn(-c5ccccc5)nc4-c4ccc(OCc5ccc(F)cc5)cc4)c(=O)n3n2)cc1OC. The van der Waals surface area contributed by atoms with Crippen molar-refractivity contribution in [3.8, 4) is 34.2 Å². The number of fused-ring (bicyclic) bond motifs is 1. The summed E-state index contributed by atoms with van der Waals surface area (Å²) in [6, 6.07) is 29.2. The summed E-state index contributed by atoms with van der Waals surface area (Å²) >= 11 is 1.26. The van der Waals surface area contributed by atoms with Crippen molar-refractivity contribution in [3.05, 3.63) is 146 Å². The highest BCUT2D eigenvalue weighted by atomic mass is 32.1. The van der Waals surface area contributed by atoms with Gasteiger partial charge in [-0.3, -0.25) is 4.79 Å². The minimum Gasteiger partial charge on any atom is -0.493 e. The van der Waals surface area contributed by atoms with Crippen LogP contribution in [0.3, 0.4) is 0 Å². The van der Waals surface area contributed by atoms with Gasteiger partial charge in [0.05, 0.1) is 23.9 Å². The zero-order chi connectivity index (χ0) is 33.7. The van der Waals surface area contributed by atoms with Gasteiger partial charge in [-0.25, -0.2) is 9.07 Å². The average molecular weight is 672 g/mol. The molecular weight excluding hydrogens is 642 g/mol. The lowest BCUT2D eigenvalue weighted by molar-refractivity contribution is 0.306. The summed E-state index contributed by atoms with van der Waals surface area (Å²) in [5.41, 5.74) is 4.67. The second kappa shape index (κ2) is 14.0. The molecule has 49 heavy (non-hydrogen) atoms. The molecule has 0 aliphatic heterocycles. The molecule has 0 saturated heterocycles. The van der Waals surface area contributed by atoms with Crippen molar-refractivity contribution in [3.63, 3.8) is 0 Å². The molecule has 9 nitrogen and oxygen atoms in total. The highest BCUT2D eigenvalue weighted by molar-refractivity contribution is 7.15. The summed E-state index contributed by atoms with van der Waals surface area (Å²) in [5.74, 6) is 2.10. The molecule has 0 unspecified atom stereocenters. The molecule has 3 aromatic heterocycles. The lowest BCUT2D eigenvalue weighted by Gasteiger charge is -2.09. The number of rotatable bonds is 11. The van der Waals surface area contributed by atoms with E-state index in [9.17, 15) is 9.18 Å². The van der Waals surface area contributed by atoms with Crippen molar-refractivity contribution >= 4 is 34.5 Å². The smallest absolute Gasteiger partial charge is 0.291 e. The number of methoxy groups -OCH3 is 1. The molecule has 244 valence electrons. The van der Waals surface area contributed by atoms with Gasteiger partial charge in [-0.1, -0.05) is 53.8 Å². The van der Waals surface area contributed by atoms with Gasteiger partial charge in [0.25, 0.3) is 5.56 Å². The second-order valence-electron chi connectivity index (χ2n) is 10.9. The van der Waals surface area contributed by atoms with Gasteiger partial charge >= 0.3 is 0 Å². The number of benzene rings is 4. The van der Waals surface area contributed by atoms with Crippen LogP contribution in [-0.4, -0.2) is 38.1 Å². The van der Waals surface area contributed by atoms with E-state index in [1.165, 1.54) is 28.0 Å². The van der Waals surface area contributed by atoms with Crippen molar-refractivity contribution in [2.45, 2.75) is 13.5 Å². The van der Waals surface area contributed by atoms with Crippen LogP contribution in [0.1, 0.15) is 29.4 Å². The van der Waals surface area contributed by atoms with Gasteiger partial charge in [0.2, 0.25) is 4.96 Å². The van der Waals surface area contributed by atoms with Crippen molar-refractivity contribution < 1.29 is 18.6 Å². The summed E-state index contributed by atoms with van der Waals surface area (Å²) in [6.45, 7) is 2.77. The third-order valence-corrected chi connectivity index (χ3v) is 8.57. The molecule has 0 spiro atoms. The standard InChI is InChI=1S/C38H30FN5O4S/c1-3-47-32-19-11-25(21-33(32)46-2)12-20-35-40-38-44(41-35)37(45)34(49-38)22-28-23-43(30-7-5-4-6-8-30)42-36(28)27-13-17-31(18-14-27)48-24-26-9-15-29(39)16-10-26/h4-23H,3,24H2,1-2H3/b20-12+,34-22-. The van der Waals surface area contributed by atoms with Crippen LogP contribution >= 0.6 is 11.3 Å². The second-order valence-corrected chi connectivity index (χ2v) is 11.9. The van der Waals surface area contributed by atoms with Gasteiger partial charge in [-0.15, -0.1) is 5.10 Å². The summed E-state index contributed by atoms with van der Waals surface area (Å²) < 4.78 is 33.8. The van der Waals surface area contributed by atoms with E-state index in [0.29, 0.717) is 51.5 Å². The van der Waals surface area contributed by atoms with E-state index in [4.69, 9.17) is 19.3 Å². The Kier molecular flexibility index (Phi) is 8.98. The molecule has 0 bridgehead atoms. The molecule has 7 aromatic rings. The molecule has 0 radical (unpaired) electrons. The molecular formula is C38H30FN5O4S. The zero-order valence-corrected chi connectivity index (χ0v) is 27.4. The molecule has 4 aromatic carbocycles. The van der Waals surface area contributed by atoms with Crippen LogP contribution in [0.5, 0.6) is 17.2 Å². The molecule has 11 heteroatoms. The number of halogens is 1. The number of aromatic nitrogens is 5. The van der Waals surface area contributed by atoms with Crippen molar-refractivity contribution in [1.29, 1.82) is 0 Å². The molecule has 0 aliphatic rings. The Morgan fingerprint density at radius 3 is 2.41 bits per heavy atom. The Labute approximate surface area is 284 Å².